The van der Waals surface area contributed by atoms with Crippen LogP contribution in [0.2, 0.25) is 5.02 Å². The number of hydrogen-bond donors (Lipinski definition) is 1. The van der Waals surface area contributed by atoms with E-state index in [0.717, 1.165) is 5.56 Å². The van der Waals surface area contributed by atoms with Crippen LogP contribution in [0.4, 0.5) is 0 Å². The van der Waals surface area contributed by atoms with Gasteiger partial charge in [-0.25, -0.2) is 0 Å². The van der Waals surface area contributed by atoms with E-state index in [0.29, 0.717) is 55.2 Å². The summed E-state index contributed by atoms with van der Waals surface area (Å²) in [5.41, 5.74) is 3.00. The Kier molecular flexibility index (Phi) is 4.83. The van der Waals surface area contributed by atoms with E-state index in [4.69, 9.17) is 20.4 Å². The second-order valence-electron chi connectivity index (χ2n) is 7.53. The van der Waals surface area contributed by atoms with Crippen molar-refractivity contribution in [2.45, 2.75) is 13.3 Å². The number of benzene rings is 3. The minimum Gasteiger partial charge on any atom is -0.481 e. The molecule has 5 nitrogen and oxygen atoms in total. The van der Waals surface area contributed by atoms with Crippen LogP contribution in [0.15, 0.2) is 80.4 Å². The van der Waals surface area contributed by atoms with E-state index in [-0.39, 0.29) is 11.8 Å². The lowest BCUT2D eigenvalue weighted by Gasteiger charge is -2.08. The van der Waals surface area contributed by atoms with Crippen LogP contribution in [-0.4, -0.2) is 11.1 Å². The fraction of sp³-hybridized carbons (Fsp3) is 0.0769. The molecule has 0 radical (unpaired) electrons. The Morgan fingerprint density at radius 1 is 0.938 bits per heavy atom. The predicted molar refractivity (Wildman–Crippen MR) is 124 cm³/mol. The molecular formula is C26H17ClO5. The van der Waals surface area contributed by atoms with E-state index in [1.165, 1.54) is 0 Å². The Labute approximate surface area is 187 Å². The number of halogens is 1. The Hall–Kier alpha value is -3.83. The number of carboxylic acids is 1. The highest BCUT2D eigenvalue weighted by atomic mass is 35.5. The van der Waals surface area contributed by atoms with Crippen LogP contribution >= 0.6 is 11.6 Å². The van der Waals surface area contributed by atoms with E-state index in [9.17, 15) is 14.7 Å². The Bertz CT molecular complexity index is 1540. The second-order valence-corrected chi connectivity index (χ2v) is 7.97. The number of carboxylic acid groups (broad SMARTS) is 1. The zero-order valence-electron chi connectivity index (χ0n) is 17.0. The minimum absolute atomic E-state index is 0.174. The van der Waals surface area contributed by atoms with E-state index in [1.54, 1.807) is 43.3 Å². The van der Waals surface area contributed by atoms with E-state index in [1.807, 2.05) is 30.3 Å². The van der Waals surface area contributed by atoms with Crippen LogP contribution in [0, 0.1) is 6.92 Å². The number of fused-ring (bicyclic) bond motifs is 3. The number of aliphatic carboxylic acids is 1. The lowest BCUT2D eigenvalue weighted by Crippen LogP contribution is -2.08. The summed E-state index contributed by atoms with van der Waals surface area (Å²) in [7, 11) is 0. The van der Waals surface area contributed by atoms with Crippen LogP contribution in [0.3, 0.4) is 0 Å². The van der Waals surface area contributed by atoms with Crippen molar-refractivity contribution in [3.05, 3.63) is 93.3 Å². The molecule has 0 unspecified atom stereocenters. The van der Waals surface area contributed by atoms with Crippen molar-refractivity contribution in [2.24, 2.45) is 0 Å². The van der Waals surface area contributed by atoms with E-state index < -0.39 is 5.97 Å². The third-order valence-corrected chi connectivity index (χ3v) is 5.74. The fourth-order valence-corrected chi connectivity index (χ4v) is 4.22. The molecule has 0 saturated carbocycles. The zero-order valence-corrected chi connectivity index (χ0v) is 17.8. The van der Waals surface area contributed by atoms with Gasteiger partial charge < -0.3 is 13.9 Å². The topological polar surface area (TPSA) is 80.7 Å². The first-order valence-electron chi connectivity index (χ1n) is 9.99. The second kappa shape index (κ2) is 7.70. The molecule has 2 aromatic heterocycles. The molecule has 2 heterocycles. The van der Waals surface area contributed by atoms with Crippen molar-refractivity contribution in [3.63, 3.8) is 0 Å². The van der Waals surface area contributed by atoms with Crippen molar-refractivity contribution in [2.75, 3.05) is 0 Å². The van der Waals surface area contributed by atoms with E-state index >= 15 is 0 Å². The third kappa shape index (κ3) is 3.27. The molecule has 0 spiro atoms. The maximum Gasteiger partial charge on any atom is 0.307 e. The highest BCUT2D eigenvalue weighted by Crippen LogP contribution is 2.39. The first-order chi connectivity index (χ1) is 15.4. The van der Waals surface area contributed by atoms with Gasteiger partial charge in [0.25, 0.3) is 0 Å². The van der Waals surface area contributed by atoms with Crippen LogP contribution < -0.4 is 5.43 Å². The van der Waals surface area contributed by atoms with Gasteiger partial charge in [0.1, 0.15) is 22.7 Å². The standard InChI is InChI=1S/C26H17ClO5/c1-14-22(15-5-3-2-4-6-15)24(30)18-11-12-20-23(26(18)31-14)19(13-21(28)29)25(32-20)16-7-9-17(27)10-8-16/h2-12H,13H2,1H3,(H,28,29). The normalized spacial score (nSPS) is 11.3. The SMILES string of the molecule is Cc1oc2c(ccc3oc(-c4ccc(Cl)cc4)c(CC(=O)O)c32)c(=O)c1-c1ccccc1. The predicted octanol–water partition coefficient (Wildman–Crippen LogP) is 6.46. The molecule has 0 amide bonds. The maximum atomic E-state index is 13.4. The van der Waals surface area contributed by atoms with Gasteiger partial charge in [0.05, 0.1) is 22.8 Å². The summed E-state index contributed by atoms with van der Waals surface area (Å²) in [4.78, 5) is 25.1. The largest absolute Gasteiger partial charge is 0.481 e. The molecule has 5 rings (SSSR count). The number of rotatable bonds is 4. The average Bonchev–Trinajstić information content (AvgIpc) is 3.13. The number of hydrogen-bond acceptors (Lipinski definition) is 4. The molecule has 3 aromatic carbocycles. The molecule has 1 N–H and O–H groups in total. The average molecular weight is 445 g/mol. The lowest BCUT2D eigenvalue weighted by atomic mass is 9.99. The van der Waals surface area contributed by atoms with Crippen molar-refractivity contribution in [3.8, 4) is 22.5 Å². The zero-order chi connectivity index (χ0) is 22.4. The summed E-state index contributed by atoms with van der Waals surface area (Å²) in [6, 6.07) is 19.6. The van der Waals surface area contributed by atoms with Gasteiger partial charge in [-0.3, -0.25) is 9.59 Å². The van der Waals surface area contributed by atoms with Gasteiger partial charge in [0, 0.05) is 16.1 Å². The minimum atomic E-state index is -1.01. The first kappa shape index (κ1) is 20.1. The molecule has 0 aliphatic rings. The third-order valence-electron chi connectivity index (χ3n) is 5.48. The van der Waals surface area contributed by atoms with Gasteiger partial charge in [0.15, 0.2) is 0 Å². The van der Waals surface area contributed by atoms with Crippen molar-refractivity contribution < 1.29 is 18.7 Å². The van der Waals surface area contributed by atoms with Gasteiger partial charge >= 0.3 is 5.97 Å². The maximum absolute atomic E-state index is 13.4. The van der Waals surface area contributed by atoms with Crippen LogP contribution in [0.25, 0.3) is 44.4 Å². The first-order valence-corrected chi connectivity index (χ1v) is 10.4. The molecule has 5 aromatic rings. The summed E-state index contributed by atoms with van der Waals surface area (Å²) in [5.74, 6) is -0.143. The fourth-order valence-electron chi connectivity index (χ4n) is 4.10. The summed E-state index contributed by atoms with van der Waals surface area (Å²) in [6.45, 7) is 1.74. The van der Waals surface area contributed by atoms with Crippen LogP contribution in [-0.2, 0) is 11.2 Å². The van der Waals surface area contributed by atoms with Gasteiger partial charge in [-0.2, -0.15) is 0 Å². The van der Waals surface area contributed by atoms with Crippen LogP contribution in [0.1, 0.15) is 11.3 Å². The van der Waals surface area contributed by atoms with Gasteiger partial charge in [-0.05, 0) is 48.9 Å². The Morgan fingerprint density at radius 3 is 2.34 bits per heavy atom. The van der Waals surface area contributed by atoms with E-state index in [2.05, 4.69) is 0 Å². The number of aryl methyl sites for hydroxylation is 1. The molecule has 0 atom stereocenters. The molecule has 0 aliphatic heterocycles. The molecule has 0 fully saturated rings. The number of furan rings is 1. The Morgan fingerprint density at radius 2 is 1.66 bits per heavy atom. The summed E-state index contributed by atoms with van der Waals surface area (Å²) in [5, 5.41) is 11.0. The molecule has 0 bridgehead atoms. The van der Waals surface area contributed by atoms with Gasteiger partial charge in [-0.15, -0.1) is 0 Å². The summed E-state index contributed by atoms with van der Waals surface area (Å²) >= 11 is 6.01. The Balaban J connectivity index is 1.85. The summed E-state index contributed by atoms with van der Waals surface area (Å²) in [6.07, 6.45) is -0.284. The molecular weight excluding hydrogens is 428 g/mol. The highest BCUT2D eigenvalue weighted by molar-refractivity contribution is 6.30. The summed E-state index contributed by atoms with van der Waals surface area (Å²) < 4.78 is 12.2. The molecule has 0 aliphatic carbocycles. The van der Waals surface area contributed by atoms with Crippen molar-refractivity contribution in [1.29, 1.82) is 0 Å². The van der Waals surface area contributed by atoms with Crippen molar-refractivity contribution >= 4 is 39.5 Å². The molecule has 158 valence electrons. The quantitative estimate of drug-likeness (QED) is 0.344. The molecule has 0 saturated heterocycles. The highest BCUT2D eigenvalue weighted by Gasteiger charge is 2.24. The monoisotopic (exact) mass is 444 g/mol. The smallest absolute Gasteiger partial charge is 0.307 e. The van der Waals surface area contributed by atoms with Crippen molar-refractivity contribution in [1.82, 2.24) is 0 Å². The molecule has 32 heavy (non-hydrogen) atoms. The number of carbonyl (C=O) groups is 1. The lowest BCUT2D eigenvalue weighted by molar-refractivity contribution is -0.136. The van der Waals surface area contributed by atoms with Crippen LogP contribution in [0.5, 0.6) is 0 Å². The van der Waals surface area contributed by atoms with Gasteiger partial charge in [-0.1, -0.05) is 41.9 Å². The molecule has 6 heteroatoms. The van der Waals surface area contributed by atoms with Gasteiger partial charge in [0.2, 0.25) is 5.43 Å².